The van der Waals surface area contributed by atoms with Crippen LogP contribution in [0.1, 0.15) is 11.1 Å². The van der Waals surface area contributed by atoms with Crippen molar-refractivity contribution in [3.8, 4) is 11.8 Å². The van der Waals surface area contributed by atoms with Crippen molar-refractivity contribution >= 4 is 35.9 Å². The molecule has 3 rings (SSSR count). The van der Waals surface area contributed by atoms with E-state index in [1.165, 1.54) is 11.8 Å². The molecule has 0 atom stereocenters. The van der Waals surface area contributed by atoms with Crippen LogP contribution in [0.15, 0.2) is 29.0 Å². The lowest BCUT2D eigenvalue weighted by Gasteiger charge is -2.09. The third-order valence-corrected chi connectivity index (χ3v) is 3.02. The van der Waals surface area contributed by atoms with Crippen molar-refractivity contribution in [1.82, 2.24) is 4.98 Å². The van der Waals surface area contributed by atoms with Crippen LogP contribution in [0.2, 0.25) is 0 Å². The number of hydrogen-bond acceptors (Lipinski definition) is 6. The van der Waals surface area contributed by atoms with Crippen LogP contribution in [0.3, 0.4) is 0 Å². The van der Waals surface area contributed by atoms with Crippen molar-refractivity contribution in [2.75, 3.05) is 0 Å². The van der Waals surface area contributed by atoms with Gasteiger partial charge in [0.1, 0.15) is 0 Å². The van der Waals surface area contributed by atoms with E-state index >= 15 is 0 Å². The molecule has 19 heavy (non-hydrogen) atoms. The molecule has 1 aromatic heterocycles. The Kier molecular flexibility index (Phi) is 2.92. The topological polar surface area (TPSA) is 65.5 Å². The molecule has 0 saturated carbocycles. The Morgan fingerprint density at radius 3 is 2.53 bits per heavy atom. The maximum Gasteiger partial charge on any atom is 0.337 e. The molecule has 0 spiro atoms. The Morgan fingerprint density at radius 2 is 1.68 bits per heavy atom. The van der Waals surface area contributed by atoms with Crippen LogP contribution in [0.25, 0.3) is 12.2 Å². The second-order valence-corrected chi connectivity index (χ2v) is 4.50. The van der Waals surface area contributed by atoms with Crippen molar-refractivity contribution in [1.29, 1.82) is 0 Å². The van der Waals surface area contributed by atoms with E-state index < -0.39 is 11.9 Å². The summed E-state index contributed by atoms with van der Waals surface area (Å²) in [6, 6.07) is 1.62. The summed E-state index contributed by atoms with van der Waals surface area (Å²) in [4.78, 5) is 26.9. The molecule has 5 nitrogen and oxygen atoms in total. The fraction of sp³-hybridized carbons (Fsp3) is 0. The molecule has 3 heterocycles. The van der Waals surface area contributed by atoms with Gasteiger partial charge in [0.2, 0.25) is 11.8 Å². The van der Waals surface area contributed by atoms with E-state index in [2.05, 4.69) is 4.98 Å². The molecule has 2 aliphatic rings. The first-order valence-corrected chi connectivity index (χ1v) is 6.32. The zero-order chi connectivity index (χ0) is 13.2. The minimum atomic E-state index is -0.667. The van der Waals surface area contributed by atoms with E-state index in [0.29, 0.717) is 5.56 Å². The van der Waals surface area contributed by atoms with Gasteiger partial charge in [-0.15, -0.1) is 11.8 Å². The smallest absolute Gasteiger partial charge is 0.337 e. The van der Waals surface area contributed by atoms with Gasteiger partial charge in [-0.05, 0) is 28.5 Å². The third-order valence-electron chi connectivity index (χ3n) is 2.43. The van der Waals surface area contributed by atoms with Gasteiger partial charge in [-0.3, -0.25) is 0 Å². The molecule has 6 heteroatoms. The van der Waals surface area contributed by atoms with E-state index in [4.69, 9.17) is 9.47 Å². The zero-order valence-corrected chi connectivity index (χ0v) is 10.3. The number of carbonyl (C=O) groups excluding carboxylic acids is 2. The normalized spacial score (nSPS) is 18.3. The Morgan fingerprint density at radius 1 is 0.947 bits per heavy atom. The summed E-state index contributed by atoms with van der Waals surface area (Å²) in [6.45, 7) is 0. The highest BCUT2D eigenvalue weighted by atomic mass is 32.2. The number of esters is 2. The molecular weight excluding hydrogens is 266 g/mol. The molecule has 0 aliphatic carbocycles. The molecule has 0 saturated heterocycles. The molecule has 0 amide bonds. The van der Waals surface area contributed by atoms with Crippen LogP contribution in [-0.2, 0) is 9.59 Å². The number of pyridine rings is 1. The second-order valence-electron chi connectivity index (χ2n) is 3.69. The number of hydrogen-bond donors (Lipinski definition) is 0. The molecule has 0 radical (unpaired) electrons. The lowest BCUT2D eigenvalue weighted by molar-refractivity contribution is -0.131. The lowest BCUT2D eigenvalue weighted by Crippen LogP contribution is -2.06. The molecule has 0 unspecified atom stereocenters. The Labute approximate surface area is 112 Å². The Balaban J connectivity index is 2.19. The first-order valence-electron chi connectivity index (χ1n) is 5.38. The Hall–Kier alpha value is -2.34. The number of aromatic nitrogens is 1. The van der Waals surface area contributed by atoms with Crippen molar-refractivity contribution in [2.45, 2.75) is 0 Å². The average molecular weight is 273 g/mol. The van der Waals surface area contributed by atoms with Crippen LogP contribution in [0.5, 0.6) is 11.8 Å². The van der Waals surface area contributed by atoms with Crippen molar-refractivity contribution in [3.63, 3.8) is 0 Å². The maximum absolute atomic E-state index is 11.5. The minimum absolute atomic E-state index is 0.100. The van der Waals surface area contributed by atoms with Crippen molar-refractivity contribution in [2.24, 2.45) is 0 Å². The number of thioether (sulfide) groups is 1. The summed E-state index contributed by atoms with van der Waals surface area (Å²) < 4.78 is 10.1. The highest BCUT2D eigenvalue weighted by Crippen LogP contribution is 2.31. The predicted molar refractivity (Wildman–Crippen MR) is 70.3 cm³/mol. The van der Waals surface area contributed by atoms with Crippen LogP contribution in [0.4, 0.5) is 0 Å². The molecule has 0 N–H and O–H groups in total. The van der Waals surface area contributed by atoms with E-state index in [9.17, 15) is 9.59 Å². The van der Waals surface area contributed by atoms with E-state index in [1.54, 1.807) is 12.1 Å². The van der Waals surface area contributed by atoms with Crippen LogP contribution in [-0.4, -0.2) is 16.9 Å². The summed E-state index contributed by atoms with van der Waals surface area (Å²) in [5.41, 5.74) is 1.44. The number of rotatable bonds is 0. The SMILES string of the molecule is O=C1/C=C\C(=O)Oc2nc(cc3c2C=CSC=C3)O1. The predicted octanol–water partition coefficient (Wildman–Crippen LogP) is 2.15. The highest BCUT2D eigenvalue weighted by Gasteiger charge is 2.17. The fourth-order valence-electron chi connectivity index (χ4n) is 1.63. The van der Waals surface area contributed by atoms with Crippen LogP contribution >= 0.6 is 11.8 Å². The molecule has 0 aromatic carbocycles. The number of fused-ring (bicyclic) bond motifs is 4. The third kappa shape index (κ3) is 2.43. The number of carbonyl (C=O) groups is 2. The second kappa shape index (κ2) is 4.74. The summed E-state index contributed by atoms with van der Waals surface area (Å²) in [7, 11) is 0. The van der Waals surface area contributed by atoms with Gasteiger partial charge in [0, 0.05) is 23.8 Å². The lowest BCUT2D eigenvalue weighted by atomic mass is 10.1. The van der Waals surface area contributed by atoms with Gasteiger partial charge in [-0.1, -0.05) is 0 Å². The summed E-state index contributed by atoms with van der Waals surface area (Å²) in [5, 5.41) is 3.72. The van der Waals surface area contributed by atoms with E-state index in [0.717, 1.165) is 17.7 Å². The average Bonchev–Trinajstić information content (AvgIpc) is 2.58. The molecule has 0 fully saturated rings. The molecule has 2 bridgehead atoms. The van der Waals surface area contributed by atoms with E-state index in [1.807, 2.05) is 16.9 Å². The largest absolute Gasteiger partial charge is 0.404 e. The molecule has 1 aromatic rings. The van der Waals surface area contributed by atoms with Gasteiger partial charge in [-0.2, -0.15) is 4.98 Å². The van der Waals surface area contributed by atoms with Gasteiger partial charge in [0.25, 0.3) is 0 Å². The first-order chi connectivity index (χ1) is 9.22. The quantitative estimate of drug-likeness (QED) is 0.675. The van der Waals surface area contributed by atoms with Crippen molar-refractivity contribution in [3.05, 3.63) is 40.2 Å². The molecule has 2 aliphatic heterocycles. The van der Waals surface area contributed by atoms with Gasteiger partial charge < -0.3 is 9.47 Å². The molecule has 94 valence electrons. The number of ether oxygens (including phenoxy) is 2. The minimum Gasteiger partial charge on any atom is -0.404 e. The van der Waals surface area contributed by atoms with E-state index in [-0.39, 0.29) is 11.8 Å². The van der Waals surface area contributed by atoms with Crippen LogP contribution < -0.4 is 9.47 Å². The highest BCUT2D eigenvalue weighted by molar-refractivity contribution is 8.05. The number of nitrogens with zero attached hydrogens (tertiary/aromatic N) is 1. The zero-order valence-electron chi connectivity index (χ0n) is 9.53. The summed E-state index contributed by atoms with van der Waals surface area (Å²) in [5.74, 6) is -1.11. The molecular formula is C13H7NO4S. The van der Waals surface area contributed by atoms with Gasteiger partial charge in [-0.25, -0.2) is 9.59 Å². The van der Waals surface area contributed by atoms with Gasteiger partial charge in [0.05, 0.1) is 0 Å². The van der Waals surface area contributed by atoms with Gasteiger partial charge in [0.15, 0.2) is 0 Å². The maximum atomic E-state index is 11.5. The Bertz CT molecular complexity index is 661. The van der Waals surface area contributed by atoms with Crippen molar-refractivity contribution < 1.29 is 19.1 Å². The van der Waals surface area contributed by atoms with Gasteiger partial charge >= 0.3 is 11.9 Å². The monoisotopic (exact) mass is 273 g/mol. The fourth-order valence-corrected chi connectivity index (χ4v) is 2.16. The first kappa shape index (κ1) is 11.7. The van der Waals surface area contributed by atoms with Crippen LogP contribution in [0, 0.1) is 0 Å². The summed E-state index contributed by atoms with van der Waals surface area (Å²) in [6.07, 6.45) is 5.65. The standard InChI is InChI=1S/C13H7NO4S/c15-11-1-2-12(16)18-13-9-4-6-19-5-3-8(9)7-10(14-13)17-11/h1-7H/b2-1-. The summed E-state index contributed by atoms with van der Waals surface area (Å²) >= 11 is 1.48.